The van der Waals surface area contributed by atoms with Crippen molar-refractivity contribution in [2.45, 2.75) is 24.8 Å². The zero-order valence-electron chi connectivity index (χ0n) is 25.0. The van der Waals surface area contributed by atoms with Gasteiger partial charge in [-0.25, -0.2) is 19.2 Å². The summed E-state index contributed by atoms with van der Waals surface area (Å²) in [6.07, 6.45) is -10.8. The molecule has 1 heterocycles. The number of benzene rings is 4. The maximum atomic E-state index is 12.7. The summed E-state index contributed by atoms with van der Waals surface area (Å²) in [7, 11) is 0. The molecule has 14 nitrogen and oxygen atoms in total. The lowest BCUT2D eigenvalue weighted by Gasteiger charge is -2.38. The fraction of sp³-hybridized carbons (Fsp3) is 0.176. The summed E-state index contributed by atoms with van der Waals surface area (Å²) in [6.45, 7) is -1.24. The molecule has 0 spiro atoms. The average Bonchev–Trinajstić information content (AvgIpc) is 3.09. The molecule has 0 aromatic heterocycles. The molecule has 0 radical (unpaired) electrons. The van der Waals surface area contributed by atoms with Gasteiger partial charge in [-0.05, 0) is 48.5 Å². The lowest BCUT2D eigenvalue weighted by atomic mass is 10.2. The van der Waals surface area contributed by atoms with Gasteiger partial charge in [-0.1, -0.05) is 72.8 Å². The van der Waals surface area contributed by atoms with Crippen LogP contribution in [0.1, 0.15) is 0 Å². The van der Waals surface area contributed by atoms with Crippen LogP contribution in [0.25, 0.3) is 0 Å². The topological polar surface area (TPSA) is 161 Å². The third kappa shape index (κ3) is 10.5. The van der Waals surface area contributed by atoms with E-state index >= 15 is 0 Å². The first-order valence-electron chi connectivity index (χ1n) is 14.4. The summed E-state index contributed by atoms with van der Waals surface area (Å²) >= 11 is 0. The molecule has 48 heavy (non-hydrogen) atoms. The number of rotatable bonds is 10. The van der Waals surface area contributed by atoms with Crippen molar-refractivity contribution in [2.24, 2.45) is 0 Å². The third-order valence-corrected chi connectivity index (χ3v) is 6.16. The largest absolute Gasteiger partial charge is 0.516 e. The van der Waals surface area contributed by atoms with Crippen LogP contribution in [0.2, 0.25) is 0 Å². The van der Waals surface area contributed by atoms with E-state index in [4.69, 9.17) is 47.4 Å². The van der Waals surface area contributed by atoms with Crippen LogP contribution in [-0.2, 0) is 28.4 Å². The normalized spacial score (nSPS) is 18.3. The molecule has 1 aliphatic heterocycles. The van der Waals surface area contributed by atoms with Gasteiger partial charge in [0.05, 0.1) is 0 Å². The van der Waals surface area contributed by atoms with Gasteiger partial charge < -0.3 is 47.4 Å². The second-order valence-corrected chi connectivity index (χ2v) is 9.60. The molecule has 248 valence electrons. The number of hydrogen-bond acceptors (Lipinski definition) is 14. The van der Waals surface area contributed by atoms with E-state index in [1.807, 2.05) is 0 Å². The van der Waals surface area contributed by atoms with Crippen molar-refractivity contribution in [2.75, 3.05) is 13.2 Å². The molecule has 5 rings (SSSR count). The predicted octanol–water partition coefficient (Wildman–Crippen LogP) is 6.29. The molecule has 4 atom stereocenters. The van der Waals surface area contributed by atoms with Crippen molar-refractivity contribution in [1.29, 1.82) is 0 Å². The van der Waals surface area contributed by atoms with Gasteiger partial charge >= 0.3 is 24.6 Å². The Morgan fingerprint density at radius 1 is 0.417 bits per heavy atom. The lowest BCUT2D eigenvalue weighted by Crippen LogP contribution is -2.56. The lowest BCUT2D eigenvalue weighted by molar-refractivity contribution is -0.338. The minimum Gasteiger partial charge on any atom is -0.431 e. The first-order valence-corrected chi connectivity index (χ1v) is 14.4. The smallest absolute Gasteiger partial charge is 0.431 e. The molecule has 0 aliphatic carbocycles. The molecule has 0 saturated carbocycles. The minimum absolute atomic E-state index is 0.159. The van der Waals surface area contributed by atoms with Crippen LogP contribution in [0.3, 0.4) is 0 Å². The Balaban J connectivity index is 1.30. The van der Waals surface area contributed by atoms with Crippen LogP contribution in [0.5, 0.6) is 23.0 Å². The van der Waals surface area contributed by atoms with E-state index in [2.05, 4.69) is 0 Å². The van der Waals surface area contributed by atoms with E-state index in [1.165, 1.54) is 48.5 Å². The summed E-state index contributed by atoms with van der Waals surface area (Å²) in [5, 5.41) is 0. The van der Waals surface area contributed by atoms with E-state index in [0.717, 1.165) is 0 Å². The average molecular weight is 661 g/mol. The predicted molar refractivity (Wildman–Crippen MR) is 161 cm³/mol. The molecule has 0 unspecified atom stereocenters. The molecule has 4 aromatic rings. The standard InChI is InChI=1S/C34H28O14/c35-31(41-23-13-5-1-6-14-23)39-21-27-29(47-33(37)43-25-17-9-3-10-18-25)46-28(22-40-32(36)42-24-15-7-2-8-16-24)30(45-27)48-34(38)44-26-19-11-4-12-20-26/h1-20,27-30H,21-22H2/t27-,28+,29-,30+. The van der Waals surface area contributed by atoms with Gasteiger partial charge in [0.25, 0.3) is 0 Å². The molecular formula is C34H28O14. The molecule has 0 bridgehead atoms. The van der Waals surface area contributed by atoms with Crippen molar-refractivity contribution in [3.05, 3.63) is 121 Å². The van der Waals surface area contributed by atoms with E-state index in [1.54, 1.807) is 72.8 Å². The molecule has 4 aromatic carbocycles. The summed E-state index contributed by atoms with van der Waals surface area (Å²) in [6, 6.07) is 32.2. The van der Waals surface area contributed by atoms with E-state index in [0.29, 0.717) is 0 Å². The zero-order valence-corrected chi connectivity index (χ0v) is 25.0. The first kappa shape index (κ1) is 33.2. The van der Waals surface area contributed by atoms with Crippen LogP contribution in [0.4, 0.5) is 19.2 Å². The maximum Gasteiger partial charge on any atom is 0.516 e. The van der Waals surface area contributed by atoms with Crippen molar-refractivity contribution < 1.29 is 66.5 Å². The molecule has 0 amide bonds. The summed E-state index contributed by atoms with van der Waals surface area (Å²) < 4.78 is 53.5. The van der Waals surface area contributed by atoms with Crippen LogP contribution >= 0.6 is 0 Å². The number of ether oxygens (including phenoxy) is 10. The highest BCUT2D eigenvalue weighted by molar-refractivity contribution is 5.65. The highest BCUT2D eigenvalue weighted by Gasteiger charge is 2.45. The molecular weight excluding hydrogens is 632 g/mol. The highest BCUT2D eigenvalue weighted by atomic mass is 16.9. The zero-order chi connectivity index (χ0) is 33.6. The van der Waals surface area contributed by atoms with Crippen molar-refractivity contribution >= 4 is 24.6 Å². The Hall–Kier alpha value is -6.12. The number of carbonyl (C=O) groups excluding carboxylic acids is 4. The van der Waals surface area contributed by atoms with Gasteiger partial charge in [0.2, 0.25) is 12.6 Å². The second kappa shape index (κ2) is 17.0. The van der Waals surface area contributed by atoms with E-state index in [9.17, 15) is 19.2 Å². The molecule has 14 heteroatoms. The van der Waals surface area contributed by atoms with Gasteiger partial charge in [0, 0.05) is 0 Å². The monoisotopic (exact) mass is 660 g/mol. The van der Waals surface area contributed by atoms with Crippen LogP contribution in [0, 0.1) is 0 Å². The third-order valence-electron chi connectivity index (χ3n) is 6.16. The fourth-order valence-electron chi connectivity index (χ4n) is 4.03. The molecule has 1 aliphatic rings. The summed E-state index contributed by atoms with van der Waals surface area (Å²) in [5.41, 5.74) is 0. The van der Waals surface area contributed by atoms with E-state index < -0.39 is 62.6 Å². The van der Waals surface area contributed by atoms with Gasteiger partial charge in [0.1, 0.15) is 36.2 Å². The van der Waals surface area contributed by atoms with E-state index in [-0.39, 0.29) is 23.0 Å². The SMILES string of the molecule is O=C(OC[C@@H]1O[C@H](OC(=O)Oc2ccccc2)[C@@H](COC(=O)Oc2ccccc2)O[C@H]1OC(=O)Oc1ccccc1)Oc1ccccc1. The summed E-state index contributed by atoms with van der Waals surface area (Å²) in [4.78, 5) is 50.3. The Bertz CT molecular complexity index is 1500. The Morgan fingerprint density at radius 2 is 0.688 bits per heavy atom. The van der Waals surface area contributed by atoms with Crippen LogP contribution < -0.4 is 18.9 Å². The van der Waals surface area contributed by atoms with Crippen molar-refractivity contribution in [3.63, 3.8) is 0 Å². The first-order chi connectivity index (χ1) is 23.4. The van der Waals surface area contributed by atoms with Gasteiger partial charge in [-0.15, -0.1) is 0 Å². The van der Waals surface area contributed by atoms with Crippen molar-refractivity contribution in [3.8, 4) is 23.0 Å². The quantitative estimate of drug-likeness (QED) is 0.106. The fourth-order valence-corrected chi connectivity index (χ4v) is 4.03. The highest BCUT2D eigenvalue weighted by Crippen LogP contribution is 2.26. The Morgan fingerprint density at radius 3 is 0.979 bits per heavy atom. The Kier molecular flexibility index (Phi) is 11.8. The molecule has 1 saturated heterocycles. The van der Waals surface area contributed by atoms with Crippen LogP contribution in [0.15, 0.2) is 121 Å². The van der Waals surface area contributed by atoms with Gasteiger partial charge in [0.15, 0.2) is 12.2 Å². The Labute approximate surface area is 273 Å². The maximum absolute atomic E-state index is 12.7. The van der Waals surface area contributed by atoms with Gasteiger partial charge in [-0.3, -0.25) is 0 Å². The summed E-state index contributed by atoms with van der Waals surface area (Å²) in [5.74, 6) is 0.720. The number of para-hydroxylation sites is 4. The van der Waals surface area contributed by atoms with Gasteiger partial charge in [-0.2, -0.15) is 0 Å². The minimum atomic E-state index is -1.64. The second-order valence-electron chi connectivity index (χ2n) is 9.60. The number of hydrogen-bond donors (Lipinski definition) is 0. The van der Waals surface area contributed by atoms with Crippen molar-refractivity contribution in [1.82, 2.24) is 0 Å². The molecule has 0 N–H and O–H groups in total. The van der Waals surface area contributed by atoms with Crippen LogP contribution in [-0.4, -0.2) is 62.6 Å². The molecule has 1 fully saturated rings. The number of carbonyl (C=O) groups is 4.